The van der Waals surface area contributed by atoms with Crippen molar-refractivity contribution in [3.8, 4) is 0 Å². The summed E-state index contributed by atoms with van der Waals surface area (Å²) in [7, 11) is 0. The van der Waals surface area contributed by atoms with E-state index in [9.17, 15) is 4.79 Å². The molecule has 0 aliphatic carbocycles. The summed E-state index contributed by atoms with van der Waals surface area (Å²) >= 11 is 8.41. The molecule has 3 rings (SSSR count). The van der Waals surface area contributed by atoms with E-state index in [4.69, 9.17) is 0 Å². The van der Waals surface area contributed by atoms with Gasteiger partial charge >= 0.3 is 0 Å². The topological polar surface area (TPSA) is 22.0 Å². The van der Waals surface area contributed by atoms with Gasteiger partial charge in [-0.2, -0.15) is 0 Å². The molecule has 0 amide bonds. The lowest BCUT2D eigenvalue weighted by Gasteiger charge is -2.06. The van der Waals surface area contributed by atoms with Gasteiger partial charge < -0.3 is 4.57 Å². The number of rotatable bonds is 2. The van der Waals surface area contributed by atoms with Crippen molar-refractivity contribution in [3.05, 3.63) is 66.8 Å². The van der Waals surface area contributed by atoms with E-state index in [1.54, 1.807) is 22.0 Å². The van der Waals surface area contributed by atoms with E-state index in [1.165, 1.54) is 15.6 Å². The van der Waals surface area contributed by atoms with Crippen LogP contribution < -0.4 is 5.56 Å². The Hall–Kier alpha value is -0.910. The summed E-state index contributed by atoms with van der Waals surface area (Å²) in [6.07, 6.45) is 1.82. The summed E-state index contributed by atoms with van der Waals surface area (Å²) in [5, 5.41) is 3.34. The number of fused-ring (bicyclic) bond motifs is 1. The van der Waals surface area contributed by atoms with E-state index < -0.39 is 0 Å². The first-order chi connectivity index (χ1) is 9.15. The molecule has 0 saturated heterocycles. The van der Waals surface area contributed by atoms with Crippen LogP contribution in [0.25, 0.3) is 10.1 Å². The third kappa shape index (κ3) is 2.55. The van der Waals surface area contributed by atoms with Crippen molar-refractivity contribution in [2.75, 3.05) is 0 Å². The smallest absolute Gasteiger partial charge is 0.265 e. The third-order valence-corrected chi connectivity index (χ3v) is 4.92. The molecule has 5 heteroatoms. The van der Waals surface area contributed by atoms with Crippen molar-refractivity contribution in [1.82, 2.24) is 4.57 Å². The molecule has 0 aliphatic heterocycles. The molecule has 0 radical (unpaired) electrons. The molecule has 0 aliphatic rings. The van der Waals surface area contributed by atoms with E-state index in [2.05, 4.69) is 49.4 Å². The van der Waals surface area contributed by atoms with Crippen LogP contribution in [0.2, 0.25) is 0 Å². The molecule has 0 bridgehead atoms. The molecule has 0 saturated carbocycles. The monoisotopic (exact) mass is 397 g/mol. The molecule has 2 heterocycles. The summed E-state index contributed by atoms with van der Waals surface area (Å²) in [6, 6.07) is 10.0. The minimum atomic E-state index is -0.0153. The first kappa shape index (κ1) is 13.1. The Morgan fingerprint density at radius 3 is 2.84 bits per heavy atom. The highest BCUT2D eigenvalue weighted by Gasteiger charge is 2.07. The SMILES string of the molecule is O=c1c(Br)cc(Br)cn1Cc1csc2ccccc12. The standard InChI is InChI=1S/C14H9Br2NOS/c15-10-5-12(16)14(18)17(7-10)6-9-8-19-13-4-2-1-3-11(9)13/h1-5,7-8H,6H2. The van der Waals surface area contributed by atoms with Crippen LogP contribution >= 0.6 is 43.2 Å². The molecule has 0 N–H and O–H groups in total. The number of aromatic nitrogens is 1. The molecular weight excluding hydrogens is 390 g/mol. The van der Waals surface area contributed by atoms with E-state index in [0.717, 1.165) is 4.47 Å². The van der Waals surface area contributed by atoms with Crippen molar-refractivity contribution >= 4 is 53.3 Å². The van der Waals surface area contributed by atoms with Crippen LogP contribution in [-0.2, 0) is 6.54 Å². The van der Waals surface area contributed by atoms with E-state index in [-0.39, 0.29) is 5.56 Å². The Morgan fingerprint density at radius 2 is 2.00 bits per heavy atom. The maximum Gasteiger partial charge on any atom is 0.265 e. The van der Waals surface area contributed by atoms with Gasteiger partial charge in [0.25, 0.3) is 5.56 Å². The Bertz CT molecular complexity index is 807. The lowest BCUT2D eigenvalue weighted by Crippen LogP contribution is -2.20. The van der Waals surface area contributed by atoms with E-state index >= 15 is 0 Å². The number of pyridine rings is 1. The maximum atomic E-state index is 12.1. The summed E-state index contributed by atoms with van der Waals surface area (Å²) in [6.45, 7) is 0.584. The molecule has 0 atom stereocenters. The van der Waals surface area contributed by atoms with Gasteiger partial charge in [0.15, 0.2) is 0 Å². The fourth-order valence-corrected chi connectivity index (χ4v) is 4.23. The Labute approximate surface area is 131 Å². The van der Waals surface area contributed by atoms with E-state index in [1.807, 2.05) is 18.3 Å². The first-order valence-electron chi connectivity index (χ1n) is 5.66. The normalized spacial score (nSPS) is 11.1. The quantitative estimate of drug-likeness (QED) is 0.616. The van der Waals surface area contributed by atoms with Crippen LogP contribution in [0.3, 0.4) is 0 Å². The highest BCUT2D eigenvalue weighted by Crippen LogP contribution is 2.26. The molecule has 0 fully saturated rings. The summed E-state index contributed by atoms with van der Waals surface area (Å²) in [4.78, 5) is 12.1. The van der Waals surface area contributed by atoms with Crippen molar-refractivity contribution in [2.45, 2.75) is 6.54 Å². The van der Waals surface area contributed by atoms with Crippen LogP contribution in [0.4, 0.5) is 0 Å². The summed E-state index contributed by atoms with van der Waals surface area (Å²) in [5.41, 5.74) is 1.16. The molecule has 96 valence electrons. The highest BCUT2D eigenvalue weighted by molar-refractivity contribution is 9.11. The largest absolute Gasteiger partial charge is 0.309 e. The lowest BCUT2D eigenvalue weighted by atomic mass is 10.2. The molecule has 2 nitrogen and oxygen atoms in total. The van der Waals surface area contributed by atoms with Gasteiger partial charge in [0.05, 0.1) is 11.0 Å². The van der Waals surface area contributed by atoms with Crippen LogP contribution in [-0.4, -0.2) is 4.57 Å². The van der Waals surface area contributed by atoms with Crippen molar-refractivity contribution in [1.29, 1.82) is 0 Å². The fourth-order valence-electron chi connectivity index (χ4n) is 2.02. The number of nitrogens with zero attached hydrogens (tertiary/aromatic N) is 1. The Kier molecular flexibility index (Phi) is 3.60. The first-order valence-corrected chi connectivity index (χ1v) is 8.12. The Morgan fingerprint density at radius 1 is 1.21 bits per heavy atom. The zero-order chi connectivity index (χ0) is 13.4. The molecule has 3 aromatic rings. The van der Waals surface area contributed by atoms with Crippen molar-refractivity contribution < 1.29 is 0 Å². The van der Waals surface area contributed by atoms with E-state index in [0.29, 0.717) is 11.0 Å². The number of hydrogen-bond acceptors (Lipinski definition) is 2. The van der Waals surface area contributed by atoms with Crippen molar-refractivity contribution in [3.63, 3.8) is 0 Å². The van der Waals surface area contributed by atoms with Crippen molar-refractivity contribution in [2.24, 2.45) is 0 Å². The third-order valence-electron chi connectivity index (χ3n) is 2.91. The zero-order valence-electron chi connectivity index (χ0n) is 9.77. The average Bonchev–Trinajstić information content (AvgIpc) is 2.79. The molecule has 0 spiro atoms. The Balaban J connectivity index is 2.09. The molecular formula is C14H9Br2NOS. The predicted molar refractivity (Wildman–Crippen MR) is 87.0 cm³/mol. The minimum absolute atomic E-state index is 0.0153. The predicted octanol–water partition coefficient (Wildman–Crippen LogP) is 4.64. The lowest BCUT2D eigenvalue weighted by molar-refractivity contribution is 0.757. The molecule has 2 aromatic heterocycles. The van der Waals surface area contributed by atoms with Gasteiger partial charge in [-0.1, -0.05) is 18.2 Å². The van der Waals surface area contributed by atoms with Gasteiger partial charge in [0.1, 0.15) is 0 Å². The average molecular weight is 399 g/mol. The zero-order valence-corrected chi connectivity index (χ0v) is 13.8. The second-order valence-corrected chi connectivity index (χ2v) is 6.88. The minimum Gasteiger partial charge on any atom is -0.309 e. The number of thiophene rings is 1. The van der Waals surface area contributed by atoms with Crippen LogP contribution in [0.15, 0.2) is 55.6 Å². The fraction of sp³-hybridized carbons (Fsp3) is 0.0714. The number of hydrogen-bond donors (Lipinski definition) is 0. The number of benzene rings is 1. The summed E-state index contributed by atoms with van der Waals surface area (Å²) < 4.78 is 4.42. The molecule has 1 aromatic carbocycles. The highest BCUT2D eigenvalue weighted by atomic mass is 79.9. The van der Waals surface area contributed by atoms with Crippen LogP contribution in [0, 0.1) is 0 Å². The van der Waals surface area contributed by atoms with Gasteiger partial charge in [-0.05, 0) is 60.3 Å². The molecule has 0 unspecified atom stereocenters. The molecule has 19 heavy (non-hydrogen) atoms. The van der Waals surface area contributed by atoms with Gasteiger partial charge in [0.2, 0.25) is 0 Å². The van der Waals surface area contributed by atoms with Crippen LogP contribution in [0.5, 0.6) is 0 Å². The van der Waals surface area contributed by atoms with Gasteiger partial charge in [-0.15, -0.1) is 11.3 Å². The second kappa shape index (κ2) is 5.23. The van der Waals surface area contributed by atoms with Gasteiger partial charge in [0, 0.05) is 15.4 Å². The number of halogens is 2. The van der Waals surface area contributed by atoms with Crippen LogP contribution in [0.1, 0.15) is 5.56 Å². The van der Waals surface area contributed by atoms with Gasteiger partial charge in [-0.3, -0.25) is 4.79 Å². The maximum absolute atomic E-state index is 12.1. The van der Waals surface area contributed by atoms with Gasteiger partial charge in [-0.25, -0.2) is 0 Å². The summed E-state index contributed by atoms with van der Waals surface area (Å²) in [5.74, 6) is 0. The second-order valence-electron chi connectivity index (χ2n) is 4.20.